The van der Waals surface area contributed by atoms with Crippen molar-refractivity contribution in [1.29, 1.82) is 0 Å². The molecule has 0 spiro atoms. The van der Waals surface area contributed by atoms with Crippen LogP contribution in [0, 0.1) is 0 Å². The number of nitrogens with one attached hydrogen (secondary N) is 3. The molecule has 0 atom stereocenters. The van der Waals surface area contributed by atoms with Gasteiger partial charge in [0.2, 0.25) is 5.91 Å². The lowest BCUT2D eigenvalue weighted by molar-refractivity contribution is -0.115. The van der Waals surface area contributed by atoms with Crippen molar-refractivity contribution >= 4 is 17.9 Å². The maximum Gasteiger partial charge on any atom is 0.238 e. The normalized spacial score (nSPS) is 8.25. The molecule has 0 aliphatic carbocycles. The number of carbonyl (C=O) groups is 2. The highest BCUT2D eigenvalue weighted by atomic mass is 16.5. The van der Waals surface area contributed by atoms with E-state index in [0.29, 0.717) is 6.54 Å². The monoisotopic (exact) mass is 285 g/mol. The van der Waals surface area contributed by atoms with Crippen molar-refractivity contribution in [3.05, 3.63) is 24.3 Å². The molecule has 0 bridgehead atoms. The van der Waals surface area contributed by atoms with Gasteiger partial charge in [-0.15, -0.1) is 0 Å². The lowest BCUT2D eigenvalue weighted by Crippen LogP contribution is -2.24. The highest BCUT2D eigenvalue weighted by Crippen LogP contribution is 2.14. The van der Waals surface area contributed by atoms with Gasteiger partial charge in [0.1, 0.15) is 12.0 Å². The molecule has 114 valence electrons. The number of hydrogen-bond acceptors (Lipinski definition) is 6. The molecule has 7 heteroatoms. The van der Waals surface area contributed by atoms with E-state index >= 15 is 0 Å². The molecule has 0 saturated heterocycles. The number of hydroxylamine groups is 1. The summed E-state index contributed by atoms with van der Waals surface area (Å²) in [4.78, 5) is 20.0. The van der Waals surface area contributed by atoms with E-state index < -0.39 is 0 Å². The molecule has 1 amide bonds. The Labute approximate surface area is 119 Å². The summed E-state index contributed by atoms with van der Waals surface area (Å²) in [7, 11) is 4.77. The number of hydrogen-bond donors (Lipinski definition) is 4. The maximum atomic E-state index is 11.2. The van der Waals surface area contributed by atoms with Crippen LogP contribution in [0.4, 0.5) is 5.69 Å². The Bertz CT molecular complexity index is 355. The minimum atomic E-state index is -0.0577. The minimum Gasteiger partial charge on any atom is -0.497 e. The Balaban J connectivity index is 0. The molecule has 0 aliphatic rings. The SMILES string of the molecule is CC=O.CNCC(=O)Nc1ccc(OC)cc1.CNO. The number of amides is 1. The van der Waals surface area contributed by atoms with E-state index in [1.807, 2.05) is 0 Å². The fourth-order valence-electron chi connectivity index (χ4n) is 1.04. The Morgan fingerprint density at radius 3 is 2.10 bits per heavy atom. The molecule has 1 aromatic rings. The summed E-state index contributed by atoms with van der Waals surface area (Å²) in [6, 6.07) is 7.20. The first-order valence-electron chi connectivity index (χ1n) is 5.88. The van der Waals surface area contributed by atoms with Crippen LogP contribution in [0.25, 0.3) is 0 Å². The van der Waals surface area contributed by atoms with Gasteiger partial charge in [-0.1, -0.05) is 0 Å². The Hall–Kier alpha value is -1.96. The third-order valence-corrected chi connectivity index (χ3v) is 1.71. The third kappa shape index (κ3) is 12.5. The summed E-state index contributed by atoms with van der Waals surface area (Å²) >= 11 is 0. The average molecular weight is 285 g/mol. The molecule has 20 heavy (non-hydrogen) atoms. The van der Waals surface area contributed by atoms with Crippen LogP contribution < -0.4 is 20.9 Å². The summed E-state index contributed by atoms with van der Waals surface area (Å²) in [5.41, 5.74) is 2.52. The number of benzene rings is 1. The number of rotatable bonds is 4. The number of ether oxygens (including phenoxy) is 1. The van der Waals surface area contributed by atoms with Gasteiger partial charge in [0.05, 0.1) is 13.7 Å². The van der Waals surface area contributed by atoms with Gasteiger partial charge in [-0.05, 0) is 38.2 Å². The first-order chi connectivity index (χ1) is 9.59. The van der Waals surface area contributed by atoms with Crippen LogP contribution in [0.2, 0.25) is 0 Å². The number of anilines is 1. The number of aldehydes is 1. The van der Waals surface area contributed by atoms with E-state index in [1.165, 1.54) is 14.0 Å². The van der Waals surface area contributed by atoms with Crippen LogP contribution in [-0.2, 0) is 9.59 Å². The zero-order valence-electron chi connectivity index (χ0n) is 12.3. The second-order valence-electron chi connectivity index (χ2n) is 3.27. The Kier molecular flexibility index (Phi) is 15.4. The van der Waals surface area contributed by atoms with Gasteiger partial charge in [0, 0.05) is 12.7 Å². The molecular formula is C13H23N3O4. The van der Waals surface area contributed by atoms with Crippen molar-refractivity contribution in [2.45, 2.75) is 6.92 Å². The van der Waals surface area contributed by atoms with Gasteiger partial charge in [0.25, 0.3) is 0 Å². The van der Waals surface area contributed by atoms with Crippen molar-refractivity contribution in [2.75, 3.05) is 33.1 Å². The van der Waals surface area contributed by atoms with Crippen LogP contribution in [0.5, 0.6) is 5.75 Å². The van der Waals surface area contributed by atoms with Crippen molar-refractivity contribution in [3.63, 3.8) is 0 Å². The predicted molar refractivity (Wildman–Crippen MR) is 78.1 cm³/mol. The fraction of sp³-hybridized carbons (Fsp3) is 0.385. The second kappa shape index (κ2) is 15.1. The van der Waals surface area contributed by atoms with Crippen molar-refractivity contribution in [2.24, 2.45) is 0 Å². The van der Waals surface area contributed by atoms with Crippen LogP contribution in [0.3, 0.4) is 0 Å². The molecular weight excluding hydrogens is 262 g/mol. The number of likely N-dealkylation sites (N-methyl/N-ethyl adjacent to an activating group) is 1. The first-order valence-corrected chi connectivity index (χ1v) is 5.88. The molecule has 1 rings (SSSR count). The lowest BCUT2D eigenvalue weighted by atomic mass is 10.3. The quantitative estimate of drug-likeness (QED) is 0.479. The maximum absolute atomic E-state index is 11.2. The van der Waals surface area contributed by atoms with E-state index in [-0.39, 0.29) is 5.91 Å². The van der Waals surface area contributed by atoms with E-state index in [4.69, 9.17) is 14.7 Å². The first kappa shape index (κ1) is 20.4. The highest BCUT2D eigenvalue weighted by molar-refractivity contribution is 5.92. The molecule has 0 saturated carbocycles. The molecule has 0 heterocycles. The molecule has 0 aromatic heterocycles. The topological polar surface area (TPSA) is 99.7 Å². The summed E-state index contributed by atoms with van der Waals surface area (Å²) in [5, 5.41) is 12.8. The van der Waals surface area contributed by atoms with Crippen LogP contribution in [-0.4, -0.2) is 45.2 Å². The van der Waals surface area contributed by atoms with Gasteiger partial charge in [-0.2, -0.15) is 0 Å². The van der Waals surface area contributed by atoms with Crippen LogP contribution >= 0.6 is 0 Å². The lowest BCUT2D eigenvalue weighted by Gasteiger charge is -2.05. The van der Waals surface area contributed by atoms with Crippen LogP contribution in [0.1, 0.15) is 6.92 Å². The Morgan fingerprint density at radius 2 is 1.75 bits per heavy atom. The third-order valence-electron chi connectivity index (χ3n) is 1.71. The standard InChI is InChI=1S/C10H14N2O2.C2H4O.CH5NO/c1-11-7-10(13)12-8-3-5-9(14-2)6-4-8;2*1-2-3/h3-6,11H,7H2,1-2H3,(H,12,13);2H,1H3;2-3H,1H3. The van der Waals surface area contributed by atoms with Crippen molar-refractivity contribution in [3.8, 4) is 5.75 Å². The molecule has 0 aliphatic heterocycles. The van der Waals surface area contributed by atoms with E-state index in [9.17, 15) is 4.79 Å². The predicted octanol–water partition coefficient (Wildman–Crippen LogP) is 0.653. The van der Waals surface area contributed by atoms with Gasteiger partial charge in [-0.25, -0.2) is 5.48 Å². The van der Waals surface area contributed by atoms with Crippen LogP contribution in [0.15, 0.2) is 24.3 Å². The molecule has 0 unspecified atom stereocenters. The zero-order chi connectivity index (χ0) is 15.8. The average Bonchev–Trinajstić information content (AvgIpc) is 2.41. The summed E-state index contributed by atoms with van der Waals surface area (Å²) < 4.78 is 5.00. The largest absolute Gasteiger partial charge is 0.497 e. The molecule has 7 nitrogen and oxygen atoms in total. The van der Waals surface area contributed by atoms with Gasteiger partial charge in [0.15, 0.2) is 0 Å². The number of carbonyl (C=O) groups excluding carboxylic acids is 2. The smallest absolute Gasteiger partial charge is 0.238 e. The summed E-state index contributed by atoms with van der Waals surface area (Å²) in [5.74, 6) is 0.717. The van der Waals surface area contributed by atoms with Gasteiger partial charge in [-0.3, -0.25) is 4.79 Å². The molecule has 4 N–H and O–H groups in total. The number of methoxy groups -OCH3 is 1. The second-order valence-corrected chi connectivity index (χ2v) is 3.27. The van der Waals surface area contributed by atoms with Gasteiger partial charge >= 0.3 is 0 Å². The fourth-order valence-corrected chi connectivity index (χ4v) is 1.04. The summed E-state index contributed by atoms with van der Waals surface area (Å²) in [6.07, 6.45) is 0.750. The van der Waals surface area contributed by atoms with E-state index in [1.54, 1.807) is 43.9 Å². The van der Waals surface area contributed by atoms with E-state index in [2.05, 4.69) is 10.6 Å². The summed E-state index contributed by atoms with van der Waals surface area (Å²) in [6.45, 7) is 1.76. The van der Waals surface area contributed by atoms with Gasteiger partial charge < -0.3 is 25.4 Å². The molecule has 0 radical (unpaired) electrons. The molecule has 0 fully saturated rings. The minimum absolute atomic E-state index is 0.0577. The highest BCUT2D eigenvalue weighted by Gasteiger charge is 1.99. The van der Waals surface area contributed by atoms with E-state index in [0.717, 1.165) is 17.7 Å². The Morgan fingerprint density at radius 1 is 1.30 bits per heavy atom. The molecule has 1 aromatic carbocycles. The van der Waals surface area contributed by atoms with Crippen molar-refractivity contribution in [1.82, 2.24) is 10.8 Å². The zero-order valence-corrected chi connectivity index (χ0v) is 12.3. The van der Waals surface area contributed by atoms with Crippen molar-refractivity contribution < 1.29 is 19.5 Å².